The molecule has 0 saturated carbocycles. The average Bonchev–Trinajstić information content (AvgIpc) is 3.16. The molecule has 0 unspecified atom stereocenters. The maximum atomic E-state index is 13.0. The van der Waals surface area contributed by atoms with Crippen molar-refractivity contribution in [2.75, 3.05) is 6.61 Å². The minimum atomic E-state index is -0.897. The molecule has 1 aromatic heterocycles. The van der Waals surface area contributed by atoms with E-state index >= 15 is 0 Å². The maximum Gasteiger partial charge on any atom is 0.306 e. The Morgan fingerprint density at radius 1 is 1.14 bits per heavy atom. The Balaban J connectivity index is 1.54. The molecule has 1 heterocycles. The zero-order chi connectivity index (χ0) is 20.2. The molecule has 0 radical (unpaired) electrons. The Bertz CT molecular complexity index is 1090. The summed E-state index contributed by atoms with van der Waals surface area (Å²) >= 11 is 1.45. The lowest BCUT2D eigenvalue weighted by molar-refractivity contribution is -0.137. The summed E-state index contributed by atoms with van der Waals surface area (Å²) in [6.45, 7) is 0.112. The van der Waals surface area contributed by atoms with E-state index in [-0.39, 0.29) is 18.8 Å². The van der Waals surface area contributed by atoms with E-state index in [9.17, 15) is 9.59 Å². The van der Waals surface area contributed by atoms with Crippen LogP contribution in [0.15, 0.2) is 60.2 Å². The molecule has 29 heavy (non-hydrogen) atoms. The molecular formula is C23H19NO4S. The summed E-state index contributed by atoms with van der Waals surface area (Å²) in [5, 5.41) is 9.59. The number of nitrogens with zero attached hydrogens (tertiary/aromatic N) is 1. The number of aromatic nitrogens is 1. The van der Waals surface area contributed by atoms with E-state index < -0.39 is 5.97 Å². The summed E-state index contributed by atoms with van der Waals surface area (Å²) in [6.07, 6.45) is 3.22. The van der Waals surface area contributed by atoms with Crippen molar-refractivity contribution >= 4 is 29.2 Å². The molecular weight excluding hydrogens is 386 g/mol. The van der Waals surface area contributed by atoms with E-state index in [0.29, 0.717) is 12.2 Å². The first-order valence-electron chi connectivity index (χ1n) is 9.35. The van der Waals surface area contributed by atoms with Crippen LogP contribution in [0, 0.1) is 0 Å². The summed E-state index contributed by atoms with van der Waals surface area (Å²) in [5.74, 6) is -0.275. The van der Waals surface area contributed by atoms with Gasteiger partial charge in [-0.1, -0.05) is 42.5 Å². The lowest BCUT2D eigenvalue weighted by Gasteiger charge is -2.12. The van der Waals surface area contributed by atoms with Gasteiger partial charge in [0.15, 0.2) is 0 Å². The molecule has 4 rings (SSSR count). The number of ketones is 1. The normalized spacial score (nSPS) is 14.6. The molecule has 0 bridgehead atoms. The minimum Gasteiger partial charge on any atom is -0.493 e. The van der Waals surface area contributed by atoms with Gasteiger partial charge in [0.1, 0.15) is 10.8 Å². The van der Waals surface area contributed by atoms with Crippen LogP contribution in [0.2, 0.25) is 0 Å². The van der Waals surface area contributed by atoms with Gasteiger partial charge in [0, 0.05) is 11.1 Å². The van der Waals surface area contributed by atoms with E-state index in [1.54, 1.807) is 6.07 Å². The third kappa shape index (κ3) is 4.43. The average molecular weight is 405 g/mol. The SMILES string of the molecule is O=C(O)CCOc1cccc(C=C2CCc3nc(-c4ccccc4)sc3C2=O)c1. The van der Waals surface area contributed by atoms with E-state index in [1.165, 1.54) is 11.3 Å². The zero-order valence-corrected chi connectivity index (χ0v) is 16.4. The number of fused-ring (bicyclic) bond motifs is 1. The van der Waals surface area contributed by atoms with Gasteiger partial charge in [0.05, 0.1) is 23.6 Å². The Labute approximate surface area is 172 Å². The van der Waals surface area contributed by atoms with Gasteiger partial charge in [-0.05, 0) is 36.6 Å². The topological polar surface area (TPSA) is 76.5 Å². The van der Waals surface area contributed by atoms with Crippen LogP contribution in [-0.2, 0) is 11.2 Å². The predicted molar refractivity (Wildman–Crippen MR) is 112 cm³/mol. The Hall–Kier alpha value is -3.25. The summed E-state index contributed by atoms with van der Waals surface area (Å²) in [6, 6.07) is 17.2. The molecule has 146 valence electrons. The summed E-state index contributed by atoms with van der Waals surface area (Å²) < 4.78 is 5.48. The number of ether oxygens (including phenoxy) is 1. The van der Waals surface area contributed by atoms with Gasteiger partial charge in [-0.15, -0.1) is 11.3 Å². The number of rotatable bonds is 6. The Kier molecular flexibility index (Phi) is 5.53. The van der Waals surface area contributed by atoms with Gasteiger partial charge in [-0.2, -0.15) is 0 Å². The smallest absolute Gasteiger partial charge is 0.306 e. The lowest BCUT2D eigenvalue weighted by atomic mass is 9.94. The second-order valence-electron chi connectivity index (χ2n) is 6.72. The van der Waals surface area contributed by atoms with Crippen molar-refractivity contribution in [3.63, 3.8) is 0 Å². The number of carbonyl (C=O) groups excluding carboxylic acids is 1. The van der Waals surface area contributed by atoms with Gasteiger partial charge >= 0.3 is 5.97 Å². The van der Waals surface area contributed by atoms with E-state index in [4.69, 9.17) is 9.84 Å². The van der Waals surface area contributed by atoms with Crippen LogP contribution in [0.1, 0.15) is 33.8 Å². The maximum absolute atomic E-state index is 13.0. The van der Waals surface area contributed by atoms with Crippen LogP contribution >= 0.6 is 11.3 Å². The van der Waals surface area contributed by atoms with Gasteiger partial charge in [-0.3, -0.25) is 9.59 Å². The van der Waals surface area contributed by atoms with Crippen molar-refractivity contribution in [1.82, 2.24) is 4.98 Å². The Morgan fingerprint density at radius 3 is 2.76 bits per heavy atom. The predicted octanol–water partition coefficient (Wildman–Crippen LogP) is 4.88. The molecule has 1 aliphatic carbocycles. The third-order valence-corrected chi connectivity index (χ3v) is 5.78. The highest BCUT2D eigenvalue weighted by Crippen LogP contribution is 2.35. The molecule has 0 spiro atoms. The zero-order valence-electron chi connectivity index (χ0n) is 15.6. The van der Waals surface area contributed by atoms with Crippen molar-refractivity contribution in [2.45, 2.75) is 19.3 Å². The van der Waals surface area contributed by atoms with Gasteiger partial charge < -0.3 is 9.84 Å². The van der Waals surface area contributed by atoms with Crippen LogP contribution in [0.4, 0.5) is 0 Å². The molecule has 5 nitrogen and oxygen atoms in total. The largest absolute Gasteiger partial charge is 0.493 e. The van der Waals surface area contributed by atoms with Crippen LogP contribution in [-0.4, -0.2) is 28.4 Å². The molecule has 0 fully saturated rings. The number of Topliss-reactive ketones (excluding diaryl/α,β-unsaturated/α-hetero) is 1. The van der Waals surface area contributed by atoms with Crippen LogP contribution < -0.4 is 4.74 Å². The standard InChI is InChI=1S/C23H19NO4S/c25-20(26)11-12-28-18-8-4-5-15(14-18)13-17-9-10-19-22(21(17)27)29-23(24-19)16-6-2-1-3-7-16/h1-8,13-14H,9-12H2,(H,25,26). The highest BCUT2D eigenvalue weighted by Gasteiger charge is 2.26. The molecule has 1 N–H and O–H groups in total. The second-order valence-corrected chi connectivity index (χ2v) is 7.72. The van der Waals surface area contributed by atoms with Crippen molar-refractivity contribution in [3.8, 4) is 16.3 Å². The monoisotopic (exact) mass is 405 g/mol. The highest BCUT2D eigenvalue weighted by molar-refractivity contribution is 7.17. The lowest BCUT2D eigenvalue weighted by Crippen LogP contribution is -2.12. The number of carbonyl (C=O) groups is 2. The number of hydrogen-bond donors (Lipinski definition) is 1. The number of benzene rings is 2. The van der Waals surface area contributed by atoms with E-state index in [1.807, 2.05) is 54.6 Å². The summed E-state index contributed by atoms with van der Waals surface area (Å²) in [5.41, 5.74) is 3.51. The fourth-order valence-electron chi connectivity index (χ4n) is 3.20. The molecule has 0 saturated heterocycles. The number of carboxylic acid groups (broad SMARTS) is 1. The second kappa shape index (κ2) is 8.41. The first-order chi connectivity index (χ1) is 14.1. The van der Waals surface area contributed by atoms with Crippen molar-refractivity contribution in [1.29, 1.82) is 0 Å². The number of carboxylic acids is 1. The van der Waals surface area contributed by atoms with Crippen molar-refractivity contribution in [3.05, 3.63) is 76.3 Å². The first kappa shape index (κ1) is 19.1. The fraction of sp³-hybridized carbons (Fsp3) is 0.174. The number of aliphatic carboxylic acids is 1. The molecule has 3 aromatic rings. The van der Waals surface area contributed by atoms with Gasteiger partial charge in [-0.25, -0.2) is 4.98 Å². The third-order valence-electron chi connectivity index (χ3n) is 4.63. The van der Waals surface area contributed by atoms with Crippen LogP contribution in [0.5, 0.6) is 5.75 Å². The van der Waals surface area contributed by atoms with Crippen LogP contribution in [0.3, 0.4) is 0 Å². The van der Waals surface area contributed by atoms with Crippen molar-refractivity contribution < 1.29 is 19.4 Å². The molecule has 0 amide bonds. The molecule has 2 aromatic carbocycles. The molecule has 1 aliphatic rings. The Morgan fingerprint density at radius 2 is 1.97 bits per heavy atom. The molecule has 0 atom stereocenters. The van der Waals surface area contributed by atoms with Gasteiger partial charge in [0.25, 0.3) is 0 Å². The van der Waals surface area contributed by atoms with Crippen molar-refractivity contribution in [2.24, 2.45) is 0 Å². The van der Waals surface area contributed by atoms with Gasteiger partial charge in [0.2, 0.25) is 5.78 Å². The fourth-order valence-corrected chi connectivity index (χ4v) is 4.30. The number of aryl methyl sites for hydroxylation is 1. The van der Waals surface area contributed by atoms with E-state index in [2.05, 4.69) is 4.98 Å². The summed E-state index contributed by atoms with van der Waals surface area (Å²) in [7, 11) is 0. The first-order valence-corrected chi connectivity index (χ1v) is 10.2. The quantitative estimate of drug-likeness (QED) is 0.592. The summed E-state index contributed by atoms with van der Waals surface area (Å²) in [4.78, 5) is 29.0. The number of allylic oxidation sites excluding steroid dienone is 1. The van der Waals surface area contributed by atoms with Crippen LogP contribution in [0.25, 0.3) is 16.6 Å². The highest BCUT2D eigenvalue weighted by atomic mass is 32.1. The molecule has 6 heteroatoms. The molecule has 0 aliphatic heterocycles. The number of thiazole rings is 1. The minimum absolute atomic E-state index is 0.0307. The van der Waals surface area contributed by atoms with E-state index in [0.717, 1.165) is 38.7 Å². The number of hydrogen-bond acceptors (Lipinski definition) is 5.